The Morgan fingerprint density at radius 2 is 2.19 bits per heavy atom. The summed E-state index contributed by atoms with van der Waals surface area (Å²) >= 11 is 0. The smallest absolute Gasteiger partial charge is 0.163 e. The number of hydrogen-bond donors (Lipinski definition) is 1. The van der Waals surface area contributed by atoms with Gasteiger partial charge in [0.15, 0.2) is 5.65 Å². The van der Waals surface area contributed by atoms with Gasteiger partial charge >= 0.3 is 0 Å². The predicted octanol–water partition coefficient (Wildman–Crippen LogP) is 0.472. The number of likely N-dealkylation sites (tertiary alicyclic amines) is 1. The van der Waals surface area contributed by atoms with Crippen LogP contribution in [0.15, 0.2) is 6.20 Å². The standard InChI is InChI=1S/C14H23N7/c1-19-6-4-5-10(8-19)20(2)9-12-17-13(15)11-7-16-21(3)14(11)18-12/h7,10H,4-6,8-9H2,1-3H3,(H2,15,17,18). The number of hydrogen-bond acceptors (Lipinski definition) is 6. The highest BCUT2D eigenvalue weighted by Gasteiger charge is 2.22. The molecule has 2 aromatic heterocycles. The van der Waals surface area contributed by atoms with Crippen molar-refractivity contribution in [3.05, 3.63) is 12.0 Å². The van der Waals surface area contributed by atoms with Crippen molar-refractivity contribution in [1.82, 2.24) is 29.5 Å². The van der Waals surface area contributed by atoms with Crippen molar-refractivity contribution in [2.24, 2.45) is 7.05 Å². The van der Waals surface area contributed by atoms with Crippen molar-refractivity contribution in [2.75, 3.05) is 32.9 Å². The van der Waals surface area contributed by atoms with Crippen LogP contribution in [0.2, 0.25) is 0 Å². The number of likely N-dealkylation sites (N-methyl/N-ethyl adjacent to an activating group) is 2. The van der Waals surface area contributed by atoms with Gasteiger partial charge in [-0.1, -0.05) is 0 Å². The van der Waals surface area contributed by atoms with Crippen LogP contribution >= 0.6 is 0 Å². The van der Waals surface area contributed by atoms with Gasteiger partial charge in [0.05, 0.1) is 18.1 Å². The summed E-state index contributed by atoms with van der Waals surface area (Å²) < 4.78 is 1.74. The molecule has 0 spiro atoms. The van der Waals surface area contributed by atoms with Crippen molar-refractivity contribution in [3.63, 3.8) is 0 Å². The van der Waals surface area contributed by atoms with Gasteiger partial charge in [0, 0.05) is 19.6 Å². The topological polar surface area (TPSA) is 76.1 Å². The zero-order valence-electron chi connectivity index (χ0n) is 13.0. The number of nitrogen functional groups attached to an aromatic ring is 1. The molecule has 7 heteroatoms. The third-order valence-electron chi connectivity index (χ3n) is 4.28. The third kappa shape index (κ3) is 2.84. The number of rotatable bonds is 3. The maximum Gasteiger partial charge on any atom is 0.163 e. The van der Waals surface area contributed by atoms with Crippen LogP contribution in [0.25, 0.3) is 11.0 Å². The maximum atomic E-state index is 6.02. The number of nitrogens with two attached hydrogens (primary N) is 1. The molecule has 3 rings (SSSR count). The molecule has 0 saturated carbocycles. The molecule has 0 aliphatic carbocycles. The Bertz CT molecular complexity index is 636. The average molecular weight is 289 g/mol. The van der Waals surface area contributed by atoms with Crippen LogP contribution in [-0.4, -0.2) is 62.8 Å². The van der Waals surface area contributed by atoms with E-state index in [1.165, 1.54) is 19.4 Å². The fourth-order valence-electron chi connectivity index (χ4n) is 3.01. The quantitative estimate of drug-likeness (QED) is 0.885. The minimum atomic E-state index is 0.511. The minimum Gasteiger partial charge on any atom is -0.383 e. The molecule has 114 valence electrons. The number of aromatic nitrogens is 4. The molecule has 2 N–H and O–H groups in total. The maximum absolute atomic E-state index is 6.02. The van der Waals surface area contributed by atoms with Gasteiger partial charge in [-0.15, -0.1) is 0 Å². The van der Waals surface area contributed by atoms with E-state index in [1.807, 2.05) is 7.05 Å². The molecule has 1 fully saturated rings. The predicted molar refractivity (Wildman–Crippen MR) is 82.7 cm³/mol. The van der Waals surface area contributed by atoms with Crippen LogP contribution in [0.5, 0.6) is 0 Å². The fraction of sp³-hybridized carbons (Fsp3) is 0.643. The van der Waals surface area contributed by atoms with Crippen molar-refractivity contribution < 1.29 is 0 Å². The van der Waals surface area contributed by atoms with Crippen LogP contribution in [0.1, 0.15) is 18.7 Å². The van der Waals surface area contributed by atoms with Gasteiger partial charge in [0.25, 0.3) is 0 Å². The Labute approximate surface area is 124 Å². The monoisotopic (exact) mass is 289 g/mol. The SMILES string of the molecule is CN1CCCC(N(C)Cc2nc(N)c3cnn(C)c3n2)C1. The molecule has 0 aromatic carbocycles. The van der Waals surface area contributed by atoms with E-state index in [9.17, 15) is 0 Å². The van der Waals surface area contributed by atoms with Gasteiger partial charge in [0.1, 0.15) is 11.6 Å². The molecule has 2 aromatic rings. The summed E-state index contributed by atoms with van der Waals surface area (Å²) in [6.07, 6.45) is 4.19. The fourth-order valence-corrected chi connectivity index (χ4v) is 3.01. The zero-order chi connectivity index (χ0) is 15.0. The lowest BCUT2D eigenvalue weighted by molar-refractivity contribution is 0.127. The van der Waals surface area contributed by atoms with Crippen LogP contribution in [0.4, 0.5) is 5.82 Å². The molecule has 0 amide bonds. The van der Waals surface area contributed by atoms with Gasteiger partial charge in [-0.05, 0) is 33.5 Å². The van der Waals surface area contributed by atoms with Crippen molar-refractivity contribution in [3.8, 4) is 0 Å². The Morgan fingerprint density at radius 3 is 2.95 bits per heavy atom. The number of aryl methyl sites for hydroxylation is 1. The number of piperidine rings is 1. The van der Waals surface area contributed by atoms with Crippen LogP contribution in [-0.2, 0) is 13.6 Å². The first-order valence-corrected chi connectivity index (χ1v) is 7.37. The van der Waals surface area contributed by atoms with Gasteiger partial charge in [0.2, 0.25) is 0 Å². The summed E-state index contributed by atoms with van der Waals surface area (Å²) in [5.41, 5.74) is 6.81. The molecule has 1 aliphatic heterocycles. The lowest BCUT2D eigenvalue weighted by atomic mass is 10.1. The Hall–Kier alpha value is -1.73. The molecule has 1 saturated heterocycles. The summed E-state index contributed by atoms with van der Waals surface area (Å²) in [5.74, 6) is 1.27. The van der Waals surface area contributed by atoms with Crippen LogP contribution < -0.4 is 5.73 Å². The summed E-state index contributed by atoms with van der Waals surface area (Å²) in [5, 5.41) is 5.01. The number of fused-ring (bicyclic) bond motifs is 1. The Morgan fingerprint density at radius 1 is 1.38 bits per heavy atom. The van der Waals surface area contributed by atoms with Crippen LogP contribution in [0, 0.1) is 0 Å². The summed E-state index contributed by atoms with van der Waals surface area (Å²) in [6.45, 7) is 3.00. The molecular weight excluding hydrogens is 266 g/mol. The number of anilines is 1. The second kappa shape index (κ2) is 5.57. The number of nitrogens with zero attached hydrogens (tertiary/aromatic N) is 6. The van der Waals surface area contributed by atoms with Crippen molar-refractivity contribution >= 4 is 16.9 Å². The summed E-state index contributed by atoms with van der Waals surface area (Å²) in [6, 6.07) is 0.552. The molecule has 0 bridgehead atoms. The van der Waals surface area contributed by atoms with E-state index >= 15 is 0 Å². The molecule has 1 aliphatic rings. The first kappa shape index (κ1) is 14.2. The largest absolute Gasteiger partial charge is 0.383 e. The van der Waals surface area contributed by atoms with Crippen molar-refractivity contribution in [1.29, 1.82) is 0 Å². The Kier molecular flexibility index (Phi) is 3.77. The zero-order valence-corrected chi connectivity index (χ0v) is 13.0. The average Bonchev–Trinajstić information content (AvgIpc) is 2.81. The normalized spacial score (nSPS) is 20.5. The van der Waals surface area contributed by atoms with Gasteiger partial charge < -0.3 is 10.6 Å². The molecule has 21 heavy (non-hydrogen) atoms. The molecule has 3 heterocycles. The molecule has 1 unspecified atom stereocenters. The first-order valence-electron chi connectivity index (χ1n) is 7.37. The molecular formula is C14H23N7. The van der Waals surface area contributed by atoms with E-state index in [0.717, 1.165) is 23.4 Å². The van der Waals surface area contributed by atoms with Gasteiger partial charge in [-0.3, -0.25) is 9.58 Å². The highest BCUT2D eigenvalue weighted by Crippen LogP contribution is 2.19. The second-order valence-electron chi connectivity index (χ2n) is 6.00. The second-order valence-corrected chi connectivity index (χ2v) is 6.00. The van der Waals surface area contributed by atoms with Gasteiger partial charge in [-0.25, -0.2) is 9.97 Å². The highest BCUT2D eigenvalue weighted by molar-refractivity contribution is 5.84. The highest BCUT2D eigenvalue weighted by atomic mass is 15.3. The molecule has 1 atom stereocenters. The van der Waals surface area contributed by atoms with E-state index in [-0.39, 0.29) is 0 Å². The van der Waals surface area contributed by atoms with E-state index in [2.05, 4.69) is 39.0 Å². The molecule has 7 nitrogen and oxygen atoms in total. The summed E-state index contributed by atoms with van der Waals surface area (Å²) in [4.78, 5) is 13.7. The van der Waals surface area contributed by atoms with Crippen LogP contribution in [0.3, 0.4) is 0 Å². The van der Waals surface area contributed by atoms with E-state index in [0.29, 0.717) is 18.4 Å². The lowest BCUT2D eigenvalue weighted by Gasteiger charge is -2.35. The van der Waals surface area contributed by atoms with E-state index in [4.69, 9.17) is 5.73 Å². The van der Waals surface area contributed by atoms with Gasteiger partial charge in [-0.2, -0.15) is 5.10 Å². The molecule has 0 radical (unpaired) electrons. The van der Waals surface area contributed by atoms with E-state index < -0.39 is 0 Å². The third-order valence-corrected chi connectivity index (χ3v) is 4.28. The summed E-state index contributed by atoms with van der Waals surface area (Å²) in [7, 11) is 6.19. The minimum absolute atomic E-state index is 0.511. The Balaban J connectivity index is 1.79. The lowest BCUT2D eigenvalue weighted by Crippen LogP contribution is -2.44. The first-order chi connectivity index (χ1) is 10.0. The van der Waals surface area contributed by atoms with E-state index in [1.54, 1.807) is 10.9 Å². The van der Waals surface area contributed by atoms with Crippen molar-refractivity contribution in [2.45, 2.75) is 25.4 Å².